The van der Waals surface area contributed by atoms with Gasteiger partial charge in [0.05, 0.1) is 17.4 Å². The highest BCUT2D eigenvalue weighted by molar-refractivity contribution is 6.33. The second kappa shape index (κ2) is 6.59. The van der Waals surface area contributed by atoms with Crippen LogP contribution in [0.3, 0.4) is 0 Å². The van der Waals surface area contributed by atoms with Gasteiger partial charge in [0.2, 0.25) is 0 Å². The number of nitrogens with one attached hydrogen (secondary N) is 1. The number of hydrogen-bond acceptors (Lipinski definition) is 3. The van der Waals surface area contributed by atoms with Crippen molar-refractivity contribution < 1.29 is 9.53 Å². The fourth-order valence-electron chi connectivity index (χ4n) is 2.38. The van der Waals surface area contributed by atoms with E-state index < -0.39 is 0 Å². The molecule has 2 heterocycles. The lowest BCUT2D eigenvalue weighted by Gasteiger charge is -2.11. The molecule has 0 radical (unpaired) electrons. The highest BCUT2D eigenvalue weighted by atomic mass is 35.5. The van der Waals surface area contributed by atoms with Crippen LogP contribution in [0.15, 0.2) is 0 Å². The van der Waals surface area contributed by atoms with E-state index in [1.807, 2.05) is 6.92 Å². The van der Waals surface area contributed by atoms with E-state index in [-0.39, 0.29) is 12.0 Å². The van der Waals surface area contributed by atoms with E-state index in [9.17, 15) is 4.79 Å². The highest BCUT2D eigenvalue weighted by Gasteiger charge is 2.22. The molecule has 6 heteroatoms. The number of halogens is 1. The molecule has 0 saturated carbocycles. The SMILES string of the molecule is Cc1nn(CC(C)C)c(Cl)c1C(=O)NC[C@@H]1CCCO1. The molecule has 1 aliphatic rings. The van der Waals surface area contributed by atoms with Gasteiger partial charge < -0.3 is 10.1 Å². The van der Waals surface area contributed by atoms with E-state index in [4.69, 9.17) is 16.3 Å². The molecule has 1 N–H and O–H groups in total. The van der Waals surface area contributed by atoms with Crippen LogP contribution in [0.4, 0.5) is 0 Å². The molecule has 1 atom stereocenters. The molecule has 112 valence electrons. The van der Waals surface area contributed by atoms with Crippen molar-refractivity contribution in [2.75, 3.05) is 13.2 Å². The number of hydrogen-bond donors (Lipinski definition) is 1. The van der Waals surface area contributed by atoms with Crippen molar-refractivity contribution in [2.24, 2.45) is 5.92 Å². The molecule has 0 spiro atoms. The van der Waals surface area contributed by atoms with Gasteiger partial charge in [-0.3, -0.25) is 9.48 Å². The summed E-state index contributed by atoms with van der Waals surface area (Å²) in [5, 5.41) is 7.65. The molecule has 1 fully saturated rings. The first-order valence-electron chi connectivity index (χ1n) is 7.11. The van der Waals surface area contributed by atoms with Crippen molar-refractivity contribution in [1.82, 2.24) is 15.1 Å². The molecule has 0 bridgehead atoms. The molecule has 1 aliphatic heterocycles. The Morgan fingerprint density at radius 3 is 2.95 bits per heavy atom. The number of aryl methyl sites for hydroxylation is 1. The van der Waals surface area contributed by atoms with Crippen LogP contribution in [0.1, 0.15) is 42.7 Å². The Morgan fingerprint density at radius 1 is 1.60 bits per heavy atom. The average molecular weight is 300 g/mol. The molecule has 1 amide bonds. The van der Waals surface area contributed by atoms with Crippen molar-refractivity contribution in [2.45, 2.75) is 46.3 Å². The maximum Gasteiger partial charge on any atom is 0.256 e. The number of nitrogens with zero attached hydrogens (tertiary/aromatic N) is 2. The van der Waals surface area contributed by atoms with Gasteiger partial charge in [0.15, 0.2) is 0 Å². The van der Waals surface area contributed by atoms with Crippen molar-refractivity contribution >= 4 is 17.5 Å². The van der Waals surface area contributed by atoms with Gasteiger partial charge >= 0.3 is 0 Å². The van der Waals surface area contributed by atoms with E-state index >= 15 is 0 Å². The van der Waals surface area contributed by atoms with Crippen molar-refractivity contribution in [3.63, 3.8) is 0 Å². The topological polar surface area (TPSA) is 56.2 Å². The fraction of sp³-hybridized carbons (Fsp3) is 0.714. The Labute approximate surface area is 124 Å². The summed E-state index contributed by atoms with van der Waals surface area (Å²) in [6.45, 7) is 8.01. The second-order valence-electron chi connectivity index (χ2n) is 5.67. The lowest BCUT2D eigenvalue weighted by atomic mass is 10.2. The molecule has 1 aromatic rings. The number of aromatic nitrogens is 2. The number of carbonyl (C=O) groups excluding carboxylic acids is 1. The zero-order valence-electron chi connectivity index (χ0n) is 12.3. The first-order valence-corrected chi connectivity index (χ1v) is 7.49. The Kier molecular flexibility index (Phi) is 5.05. The summed E-state index contributed by atoms with van der Waals surface area (Å²) in [5.74, 6) is 0.257. The van der Waals surface area contributed by atoms with Crippen LogP contribution >= 0.6 is 11.6 Å². The minimum Gasteiger partial charge on any atom is -0.376 e. The average Bonchev–Trinajstić information content (AvgIpc) is 2.96. The van der Waals surface area contributed by atoms with Gasteiger partial charge in [0, 0.05) is 19.7 Å². The van der Waals surface area contributed by atoms with E-state index in [0.29, 0.717) is 35.4 Å². The van der Waals surface area contributed by atoms with Gasteiger partial charge in [0.25, 0.3) is 5.91 Å². The minimum atomic E-state index is -0.169. The third-order valence-electron chi connectivity index (χ3n) is 3.34. The highest BCUT2D eigenvalue weighted by Crippen LogP contribution is 2.21. The standard InChI is InChI=1S/C14H22ClN3O2/c1-9(2)8-18-13(15)12(10(3)17-18)14(19)16-7-11-5-4-6-20-11/h9,11H,4-8H2,1-3H3,(H,16,19)/t11-/m0/s1. The summed E-state index contributed by atoms with van der Waals surface area (Å²) in [6.07, 6.45) is 2.19. The first kappa shape index (κ1) is 15.3. The predicted octanol–water partition coefficient (Wildman–Crippen LogP) is 2.41. The first-order chi connectivity index (χ1) is 9.49. The normalized spacial score (nSPS) is 18.8. The maximum atomic E-state index is 12.2. The number of amides is 1. The maximum absolute atomic E-state index is 12.2. The van der Waals surface area contributed by atoms with Crippen molar-refractivity contribution in [3.8, 4) is 0 Å². The Morgan fingerprint density at radius 2 is 2.35 bits per heavy atom. The third kappa shape index (κ3) is 3.52. The number of carbonyl (C=O) groups is 1. The van der Waals surface area contributed by atoms with Crippen LogP contribution < -0.4 is 5.32 Å². The van der Waals surface area contributed by atoms with Gasteiger partial charge in [-0.05, 0) is 25.7 Å². The molecule has 1 saturated heterocycles. The van der Waals surface area contributed by atoms with Crippen LogP contribution in [-0.4, -0.2) is 34.9 Å². The van der Waals surface area contributed by atoms with E-state index in [0.717, 1.165) is 19.4 Å². The Balaban J connectivity index is 2.03. The zero-order valence-corrected chi connectivity index (χ0v) is 13.0. The summed E-state index contributed by atoms with van der Waals surface area (Å²) in [6, 6.07) is 0. The van der Waals surface area contributed by atoms with Crippen molar-refractivity contribution in [1.29, 1.82) is 0 Å². The van der Waals surface area contributed by atoms with Crippen LogP contribution in [0.2, 0.25) is 5.15 Å². The lowest BCUT2D eigenvalue weighted by molar-refractivity contribution is 0.0857. The molecule has 0 unspecified atom stereocenters. The summed E-state index contributed by atoms with van der Waals surface area (Å²) in [5.41, 5.74) is 1.14. The predicted molar refractivity (Wildman–Crippen MR) is 78.1 cm³/mol. The molecule has 5 nitrogen and oxygen atoms in total. The van der Waals surface area contributed by atoms with E-state index in [2.05, 4.69) is 24.3 Å². The summed E-state index contributed by atoms with van der Waals surface area (Å²) < 4.78 is 7.19. The van der Waals surface area contributed by atoms with Crippen LogP contribution in [0.25, 0.3) is 0 Å². The molecule has 20 heavy (non-hydrogen) atoms. The number of rotatable bonds is 5. The van der Waals surface area contributed by atoms with E-state index in [1.54, 1.807) is 4.68 Å². The number of ether oxygens (including phenoxy) is 1. The third-order valence-corrected chi connectivity index (χ3v) is 3.73. The molecule has 1 aromatic heterocycles. The minimum absolute atomic E-state index is 0.128. The molecule has 0 aromatic carbocycles. The second-order valence-corrected chi connectivity index (χ2v) is 6.03. The van der Waals surface area contributed by atoms with Crippen LogP contribution in [0.5, 0.6) is 0 Å². The lowest BCUT2D eigenvalue weighted by Crippen LogP contribution is -2.32. The van der Waals surface area contributed by atoms with Gasteiger partial charge in [-0.15, -0.1) is 0 Å². The molecule has 0 aliphatic carbocycles. The summed E-state index contributed by atoms with van der Waals surface area (Å²) in [7, 11) is 0. The Hall–Kier alpha value is -1.07. The van der Waals surface area contributed by atoms with Crippen LogP contribution in [-0.2, 0) is 11.3 Å². The van der Waals surface area contributed by atoms with Crippen LogP contribution in [0, 0.1) is 12.8 Å². The largest absolute Gasteiger partial charge is 0.376 e. The molecule has 2 rings (SSSR count). The summed E-state index contributed by atoms with van der Waals surface area (Å²) in [4.78, 5) is 12.2. The smallest absolute Gasteiger partial charge is 0.256 e. The van der Waals surface area contributed by atoms with Crippen molar-refractivity contribution in [3.05, 3.63) is 16.4 Å². The zero-order chi connectivity index (χ0) is 14.7. The van der Waals surface area contributed by atoms with E-state index in [1.165, 1.54) is 0 Å². The quantitative estimate of drug-likeness (QED) is 0.908. The van der Waals surface area contributed by atoms with Gasteiger partial charge in [-0.1, -0.05) is 25.4 Å². The molecular formula is C14H22ClN3O2. The van der Waals surface area contributed by atoms with Gasteiger partial charge in [-0.2, -0.15) is 5.10 Å². The van der Waals surface area contributed by atoms with Gasteiger partial charge in [0.1, 0.15) is 5.15 Å². The fourth-order valence-corrected chi connectivity index (χ4v) is 2.71. The summed E-state index contributed by atoms with van der Waals surface area (Å²) >= 11 is 6.27. The van der Waals surface area contributed by atoms with Gasteiger partial charge in [-0.25, -0.2) is 0 Å². The molecular weight excluding hydrogens is 278 g/mol. The monoisotopic (exact) mass is 299 g/mol. The Bertz CT molecular complexity index is 479.